The lowest BCUT2D eigenvalue weighted by Crippen LogP contribution is -2.33. The molecule has 3 aromatic rings. The predicted molar refractivity (Wildman–Crippen MR) is 124 cm³/mol. The van der Waals surface area contributed by atoms with Crippen LogP contribution in [0.3, 0.4) is 0 Å². The van der Waals surface area contributed by atoms with Gasteiger partial charge in [-0.1, -0.05) is 47.1 Å². The first kappa shape index (κ1) is 21.7. The number of thiophene rings is 1. The Kier molecular flexibility index (Phi) is 6.72. The van der Waals surface area contributed by atoms with E-state index in [1.807, 2.05) is 26.0 Å². The van der Waals surface area contributed by atoms with Crippen molar-refractivity contribution in [2.45, 2.75) is 55.6 Å². The van der Waals surface area contributed by atoms with Crippen molar-refractivity contribution in [1.82, 2.24) is 20.1 Å². The van der Waals surface area contributed by atoms with Crippen molar-refractivity contribution in [3.8, 4) is 0 Å². The summed E-state index contributed by atoms with van der Waals surface area (Å²) < 4.78 is 2.22. The average Bonchev–Trinajstić information content (AvgIpc) is 3.25. The minimum Gasteiger partial charge on any atom is -0.349 e. The van der Waals surface area contributed by atoms with Crippen LogP contribution in [-0.2, 0) is 11.2 Å². The molecule has 5 nitrogen and oxygen atoms in total. The van der Waals surface area contributed by atoms with Crippen molar-refractivity contribution < 1.29 is 4.79 Å². The second-order valence-electron chi connectivity index (χ2n) is 7.41. The Morgan fingerprint density at radius 2 is 2.10 bits per heavy atom. The third-order valence-corrected chi connectivity index (χ3v) is 7.49. The van der Waals surface area contributed by atoms with Gasteiger partial charge in [-0.25, -0.2) is 0 Å². The van der Waals surface area contributed by atoms with Crippen molar-refractivity contribution in [2.24, 2.45) is 0 Å². The van der Waals surface area contributed by atoms with Crippen LogP contribution in [0.25, 0.3) is 0 Å². The van der Waals surface area contributed by atoms with Gasteiger partial charge < -0.3 is 9.88 Å². The Morgan fingerprint density at radius 1 is 1.30 bits per heavy atom. The van der Waals surface area contributed by atoms with E-state index in [0.717, 1.165) is 35.8 Å². The molecule has 1 saturated carbocycles. The van der Waals surface area contributed by atoms with Crippen LogP contribution in [0.5, 0.6) is 0 Å². The van der Waals surface area contributed by atoms with Gasteiger partial charge in [-0.3, -0.25) is 4.79 Å². The Labute approximate surface area is 194 Å². The van der Waals surface area contributed by atoms with E-state index < -0.39 is 0 Å². The minimum absolute atomic E-state index is 0.0660. The molecular formula is C21H22Cl2N4OS2. The molecular weight excluding hydrogens is 459 g/mol. The molecule has 30 heavy (non-hydrogen) atoms. The lowest BCUT2D eigenvalue weighted by molar-refractivity contribution is -0.120. The first-order valence-electron chi connectivity index (χ1n) is 9.80. The van der Waals surface area contributed by atoms with Crippen LogP contribution in [0, 0.1) is 0 Å². The summed E-state index contributed by atoms with van der Waals surface area (Å²) in [4.78, 5) is 14.1. The van der Waals surface area contributed by atoms with Crippen molar-refractivity contribution in [2.75, 3.05) is 0 Å². The molecule has 0 spiro atoms. The van der Waals surface area contributed by atoms with Crippen LogP contribution in [0.1, 0.15) is 55.0 Å². The fraction of sp³-hybridized carbons (Fsp3) is 0.381. The summed E-state index contributed by atoms with van der Waals surface area (Å²) in [6, 6.07) is 9.69. The Bertz CT molecular complexity index is 1030. The molecule has 158 valence electrons. The number of nitrogens with zero attached hydrogens (tertiary/aromatic N) is 3. The number of benzene rings is 1. The van der Waals surface area contributed by atoms with E-state index in [4.69, 9.17) is 23.2 Å². The van der Waals surface area contributed by atoms with Gasteiger partial charge >= 0.3 is 0 Å². The van der Waals surface area contributed by atoms with E-state index in [0.29, 0.717) is 16.1 Å². The van der Waals surface area contributed by atoms with Crippen molar-refractivity contribution in [3.05, 3.63) is 62.0 Å². The van der Waals surface area contributed by atoms with E-state index in [9.17, 15) is 4.79 Å². The smallest absolute Gasteiger partial charge is 0.233 e. The standard InChI is InChI=1S/C21H22Cl2N4OS2/c1-12(17-8-5-14(22)10-18(17)23)24-20(28)13(2)30-21-26-25-19(27(21)15-6-7-15)11-16-4-3-9-29-16/h3-5,8-10,12-13,15H,6-7,11H2,1-2H3,(H,24,28)/t12-,13-/m0/s1. The molecule has 2 aromatic heterocycles. The first-order valence-corrected chi connectivity index (χ1v) is 12.3. The topological polar surface area (TPSA) is 59.8 Å². The molecule has 1 aliphatic rings. The normalized spacial score (nSPS) is 15.7. The molecule has 0 bridgehead atoms. The molecule has 2 atom stereocenters. The van der Waals surface area contributed by atoms with Gasteiger partial charge in [0.2, 0.25) is 5.91 Å². The lowest BCUT2D eigenvalue weighted by Gasteiger charge is -2.19. The minimum atomic E-state index is -0.310. The molecule has 1 aromatic carbocycles. The van der Waals surface area contributed by atoms with Gasteiger partial charge in [0.1, 0.15) is 5.82 Å². The summed E-state index contributed by atoms with van der Waals surface area (Å²) in [5.74, 6) is 0.903. The van der Waals surface area contributed by atoms with Gasteiger partial charge in [0.05, 0.1) is 11.3 Å². The number of aromatic nitrogens is 3. The largest absolute Gasteiger partial charge is 0.349 e. The van der Waals surface area contributed by atoms with Crippen molar-refractivity contribution in [3.63, 3.8) is 0 Å². The number of amides is 1. The molecule has 2 heterocycles. The molecule has 0 saturated heterocycles. The van der Waals surface area contributed by atoms with Crippen molar-refractivity contribution >= 4 is 52.2 Å². The monoisotopic (exact) mass is 480 g/mol. The van der Waals surface area contributed by atoms with Crippen LogP contribution in [0.15, 0.2) is 40.9 Å². The first-order chi connectivity index (χ1) is 14.4. The van der Waals surface area contributed by atoms with E-state index >= 15 is 0 Å². The van der Waals surface area contributed by atoms with Gasteiger partial charge in [-0.05, 0) is 55.8 Å². The highest BCUT2D eigenvalue weighted by atomic mass is 35.5. The molecule has 1 N–H and O–H groups in total. The quantitative estimate of drug-likeness (QED) is 0.405. The van der Waals surface area contributed by atoms with E-state index in [1.54, 1.807) is 23.5 Å². The average molecular weight is 481 g/mol. The third-order valence-electron chi connectivity index (χ3n) is 5.00. The summed E-state index contributed by atoms with van der Waals surface area (Å²) in [6.45, 7) is 3.80. The number of hydrogen-bond acceptors (Lipinski definition) is 5. The molecule has 1 aliphatic carbocycles. The second kappa shape index (κ2) is 9.30. The Balaban J connectivity index is 1.43. The highest BCUT2D eigenvalue weighted by Gasteiger charge is 2.31. The van der Waals surface area contributed by atoms with Crippen molar-refractivity contribution in [1.29, 1.82) is 0 Å². The molecule has 0 aliphatic heterocycles. The van der Waals surface area contributed by atoms with Gasteiger partial charge in [0, 0.05) is 27.4 Å². The van der Waals surface area contributed by atoms with Gasteiger partial charge in [0.25, 0.3) is 0 Å². The summed E-state index contributed by atoms with van der Waals surface area (Å²) in [7, 11) is 0. The van der Waals surface area contributed by atoms with Gasteiger partial charge in [0.15, 0.2) is 5.16 Å². The maximum atomic E-state index is 12.8. The Morgan fingerprint density at radius 3 is 2.77 bits per heavy atom. The summed E-state index contributed by atoms with van der Waals surface area (Å²) in [5.41, 5.74) is 0.839. The molecule has 1 fully saturated rings. The zero-order valence-corrected chi connectivity index (χ0v) is 19.8. The van der Waals surface area contributed by atoms with E-state index in [1.165, 1.54) is 16.6 Å². The lowest BCUT2D eigenvalue weighted by atomic mass is 10.1. The number of nitrogens with one attached hydrogen (secondary N) is 1. The maximum absolute atomic E-state index is 12.8. The van der Waals surface area contributed by atoms with E-state index in [-0.39, 0.29) is 17.2 Å². The summed E-state index contributed by atoms with van der Waals surface area (Å²) in [5, 5.41) is 15.6. The van der Waals surface area contributed by atoms with Crippen LogP contribution >= 0.6 is 46.3 Å². The van der Waals surface area contributed by atoms with Gasteiger partial charge in [-0.2, -0.15) is 0 Å². The number of hydrogen-bond donors (Lipinski definition) is 1. The number of halogens is 2. The zero-order valence-electron chi connectivity index (χ0n) is 16.6. The molecule has 0 unspecified atom stereocenters. The maximum Gasteiger partial charge on any atom is 0.233 e. The zero-order chi connectivity index (χ0) is 21.3. The third kappa shape index (κ3) is 5.02. The second-order valence-corrected chi connectivity index (χ2v) is 10.6. The highest BCUT2D eigenvalue weighted by Crippen LogP contribution is 2.40. The van der Waals surface area contributed by atoms with Gasteiger partial charge in [-0.15, -0.1) is 21.5 Å². The highest BCUT2D eigenvalue weighted by molar-refractivity contribution is 8.00. The van der Waals surface area contributed by atoms with Crippen LogP contribution in [0.4, 0.5) is 0 Å². The number of carbonyl (C=O) groups excluding carboxylic acids is 1. The molecule has 0 radical (unpaired) electrons. The van der Waals surface area contributed by atoms with Crippen LogP contribution in [-0.4, -0.2) is 25.9 Å². The Hall–Kier alpha value is -1.54. The van der Waals surface area contributed by atoms with Crippen LogP contribution < -0.4 is 5.32 Å². The summed E-state index contributed by atoms with van der Waals surface area (Å²) >= 11 is 15.4. The summed E-state index contributed by atoms with van der Waals surface area (Å²) in [6.07, 6.45) is 3.04. The number of thioether (sulfide) groups is 1. The fourth-order valence-electron chi connectivity index (χ4n) is 3.25. The van der Waals surface area contributed by atoms with E-state index in [2.05, 4.69) is 31.5 Å². The van der Waals surface area contributed by atoms with Crippen LogP contribution in [0.2, 0.25) is 10.0 Å². The molecule has 4 rings (SSSR count). The SMILES string of the molecule is C[C@H](Sc1nnc(Cc2cccs2)n1C1CC1)C(=O)N[C@@H](C)c1ccc(Cl)cc1Cl. The fourth-order valence-corrected chi connectivity index (χ4v) is 5.47. The number of carbonyl (C=O) groups is 1. The predicted octanol–water partition coefficient (Wildman–Crippen LogP) is 5.93. The molecule has 9 heteroatoms. The number of rotatable bonds is 8. The molecule has 1 amide bonds.